The van der Waals surface area contributed by atoms with Crippen molar-refractivity contribution in [2.75, 3.05) is 14.2 Å². The third-order valence-corrected chi connectivity index (χ3v) is 4.34. The zero-order valence-electron chi connectivity index (χ0n) is 15.2. The monoisotopic (exact) mass is 331 g/mol. The number of rotatable bonds is 6. The maximum absolute atomic E-state index is 12.5. The van der Waals surface area contributed by atoms with Gasteiger partial charge in [0.2, 0.25) is 5.76 Å². The summed E-state index contributed by atoms with van der Waals surface area (Å²) in [7, 11) is 3.36. The van der Waals surface area contributed by atoms with E-state index in [4.69, 9.17) is 9.26 Å². The van der Waals surface area contributed by atoms with Crippen LogP contribution in [0.15, 0.2) is 16.8 Å². The van der Waals surface area contributed by atoms with Gasteiger partial charge in [-0.15, -0.1) is 0 Å². The van der Waals surface area contributed by atoms with Crippen LogP contribution in [0.4, 0.5) is 0 Å². The molecule has 0 aliphatic heterocycles. The summed E-state index contributed by atoms with van der Waals surface area (Å²) in [6.07, 6.45) is 2.71. The summed E-state index contributed by atoms with van der Waals surface area (Å²) in [4.78, 5) is 18.5. The first-order chi connectivity index (χ1) is 11.4. The van der Waals surface area contributed by atoms with Crippen LogP contribution in [-0.4, -0.2) is 35.1 Å². The Morgan fingerprint density at radius 3 is 2.75 bits per heavy atom. The number of pyridine rings is 1. The van der Waals surface area contributed by atoms with E-state index in [0.29, 0.717) is 6.54 Å². The molecule has 0 saturated carbocycles. The van der Waals surface area contributed by atoms with Gasteiger partial charge in [-0.05, 0) is 20.3 Å². The van der Waals surface area contributed by atoms with Crippen molar-refractivity contribution >= 4 is 5.91 Å². The lowest BCUT2D eigenvalue weighted by atomic mass is 10.1. The second kappa shape index (κ2) is 7.47. The van der Waals surface area contributed by atoms with E-state index in [0.717, 1.165) is 34.7 Å². The van der Waals surface area contributed by atoms with Gasteiger partial charge in [-0.3, -0.25) is 9.78 Å². The van der Waals surface area contributed by atoms with Crippen molar-refractivity contribution in [3.63, 3.8) is 0 Å². The fourth-order valence-corrected chi connectivity index (χ4v) is 2.55. The SMILES string of the molecule is CC[C@@H](C)c1cc(C(=O)N(C)Cc2ncc(C)c(OC)c2C)on1. The maximum atomic E-state index is 12.5. The van der Waals surface area contributed by atoms with Crippen molar-refractivity contribution in [1.82, 2.24) is 15.0 Å². The van der Waals surface area contributed by atoms with Gasteiger partial charge in [0, 0.05) is 36.4 Å². The molecule has 0 fully saturated rings. The molecule has 0 aliphatic rings. The van der Waals surface area contributed by atoms with Crippen molar-refractivity contribution in [1.29, 1.82) is 0 Å². The average Bonchev–Trinajstić information content (AvgIpc) is 3.06. The highest BCUT2D eigenvalue weighted by atomic mass is 16.5. The van der Waals surface area contributed by atoms with Crippen molar-refractivity contribution in [3.8, 4) is 5.75 Å². The van der Waals surface area contributed by atoms with Crippen molar-refractivity contribution in [3.05, 3.63) is 40.5 Å². The minimum atomic E-state index is -0.210. The van der Waals surface area contributed by atoms with Gasteiger partial charge in [-0.1, -0.05) is 19.0 Å². The quantitative estimate of drug-likeness (QED) is 0.810. The number of carbonyl (C=O) groups excluding carboxylic acids is 1. The molecule has 130 valence electrons. The van der Waals surface area contributed by atoms with E-state index in [9.17, 15) is 4.79 Å². The fourth-order valence-electron chi connectivity index (χ4n) is 2.55. The smallest absolute Gasteiger partial charge is 0.292 e. The zero-order valence-corrected chi connectivity index (χ0v) is 15.2. The molecule has 0 N–H and O–H groups in total. The van der Waals surface area contributed by atoms with E-state index in [1.807, 2.05) is 13.8 Å². The van der Waals surface area contributed by atoms with Gasteiger partial charge in [-0.2, -0.15) is 0 Å². The number of hydrogen-bond acceptors (Lipinski definition) is 5. The highest BCUT2D eigenvalue weighted by molar-refractivity contribution is 5.91. The van der Waals surface area contributed by atoms with Gasteiger partial charge < -0.3 is 14.2 Å². The Morgan fingerprint density at radius 2 is 2.12 bits per heavy atom. The van der Waals surface area contributed by atoms with Gasteiger partial charge in [0.1, 0.15) is 5.75 Å². The number of aryl methyl sites for hydroxylation is 1. The Labute approximate surface area is 142 Å². The van der Waals surface area contributed by atoms with Crippen LogP contribution in [0.5, 0.6) is 5.75 Å². The van der Waals surface area contributed by atoms with Crippen molar-refractivity contribution in [2.24, 2.45) is 0 Å². The summed E-state index contributed by atoms with van der Waals surface area (Å²) in [6, 6.07) is 1.73. The average molecular weight is 331 g/mol. The van der Waals surface area contributed by atoms with Crippen LogP contribution < -0.4 is 4.74 Å². The van der Waals surface area contributed by atoms with E-state index in [-0.39, 0.29) is 17.6 Å². The second-order valence-corrected chi connectivity index (χ2v) is 6.13. The van der Waals surface area contributed by atoms with Crippen LogP contribution >= 0.6 is 0 Å². The lowest BCUT2D eigenvalue weighted by Crippen LogP contribution is -2.26. The summed E-state index contributed by atoms with van der Waals surface area (Å²) < 4.78 is 10.6. The van der Waals surface area contributed by atoms with Gasteiger partial charge in [0.25, 0.3) is 5.91 Å². The molecule has 2 aromatic rings. The lowest BCUT2D eigenvalue weighted by molar-refractivity contribution is 0.0741. The number of amides is 1. The van der Waals surface area contributed by atoms with E-state index >= 15 is 0 Å². The highest BCUT2D eigenvalue weighted by Crippen LogP contribution is 2.25. The van der Waals surface area contributed by atoms with Gasteiger partial charge in [-0.25, -0.2) is 0 Å². The molecule has 0 unspecified atom stereocenters. The van der Waals surface area contributed by atoms with E-state index in [1.165, 1.54) is 0 Å². The Balaban J connectivity index is 2.16. The van der Waals surface area contributed by atoms with Crippen LogP contribution in [0, 0.1) is 13.8 Å². The Morgan fingerprint density at radius 1 is 1.42 bits per heavy atom. The molecular weight excluding hydrogens is 306 g/mol. The van der Waals surface area contributed by atoms with Crippen molar-refractivity contribution < 1.29 is 14.1 Å². The third-order valence-electron chi connectivity index (χ3n) is 4.34. The van der Waals surface area contributed by atoms with Gasteiger partial charge in [0.15, 0.2) is 0 Å². The summed E-state index contributed by atoms with van der Waals surface area (Å²) in [5.74, 6) is 1.12. The molecule has 6 heteroatoms. The van der Waals surface area contributed by atoms with E-state index < -0.39 is 0 Å². The van der Waals surface area contributed by atoms with Crippen LogP contribution in [0.25, 0.3) is 0 Å². The van der Waals surface area contributed by atoms with Crippen LogP contribution in [-0.2, 0) is 6.54 Å². The van der Waals surface area contributed by atoms with Crippen molar-refractivity contribution in [2.45, 2.75) is 46.6 Å². The predicted octanol–water partition coefficient (Wildman–Crippen LogP) is 3.48. The second-order valence-electron chi connectivity index (χ2n) is 6.13. The fraction of sp³-hybridized carbons (Fsp3) is 0.500. The van der Waals surface area contributed by atoms with Crippen LogP contribution in [0.3, 0.4) is 0 Å². The first-order valence-electron chi connectivity index (χ1n) is 8.10. The molecule has 0 saturated heterocycles. The summed E-state index contributed by atoms with van der Waals surface area (Å²) >= 11 is 0. The molecule has 1 amide bonds. The molecule has 0 bridgehead atoms. The Hall–Kier alpha value is -2.37. The minimum Gasteiger partial charge on any atom is -0.496 e. The zero-order chi connectivity index (χ0) is 17.9. The highest BCUT2D eigenvalue weighted by Gasteiger charge is 2.21. The largest absolute Gasteiger partial charge is 0.496 e. The summed E-state index contributed by atoms with van der Waals surface area (Å²) in [5, 5.41) is 4.00. The molecule has 1 atom stereocenters. The third kappa shape index (κ3) is 3.58. The first kappa shape index (κ1) is 18.0. The van der Waals surface area contributed by atoms with Gasteiger partial charge in [0.05, 0.1) is 25.0 Å². The molecule has 2 rings (SSSR count). The molecule has 2 aromatic heterocycles. The van der Waals surface area contributed by atoms with Crippen LogP contribution in [0.1, 0.15) is 59.3 Å². The van der Waals surface area contributed by atoms with Gasteiger partial charge >= 0.3 is 0 Å². The van der Waals surface area contributed by atoms with E-state index in [2.05, 4.69) is 24.0 Å². The number of nitrogens with zero attached hydrogens (tertiary/aromatic N) is 3. The molecule has 0 radical (unpaired) electrons. The lowest BCUT2D eigenvalue weighted by Gasteiger charge is -2.18. The maximum Gasteiger partial charge on any atom is 0.292 e. The van der Waals surface area contributed by atoms with E-state index in [1.54, 1.807) is 31.3 Å². The standard InChI is InChI=1S/C18H25N3O3/c1-7-11(2)14-8-16(24-20-14)18(22)21(5)10-15-13(4)17(23-6)12(3)9-19-15/h8-9,11H,7,10H2,1-6H3/t11-/m1/s1. The number of aromatic nitrogens is 2. The Bertz CT molecular complexity index is 724. The first-order valence-corrected chi connectivity index (χ1v) is 8.10. The number of carbonyl (C=O) groups is 1. The number of hydrogen-bond donors (Lipinski definition) is 0. The molecule has 0 spiro atoms. The molecule has 6 nitrogen and oxygen atoms in total. The number of ether oxygens (including phenoxy) is 1. The predicted molar refractivity (Wildman–Crippen MR) is 91.3 cm³/mol. The minimum absolute atomic E-state index is 0.210. The van der Waals surface area contributed by atoms with Crippen LogP contribution in [0.2, 0.25) is 0 Å². The summed E-state index contributed by atoms with van der Waals surface area (Å²) in [5.41, 5.74) is 3.52. The Kier molecular flexibility index (Phi) is 5.59. The molecular formula is C18H25N3O3. The molecule has 24 heavy (non-hydrogen) atoms. The number of methoxy groups -OCH3 is 1. The molecule has 0 aromatic carbocycles. The summed E-state index contributed by atoms with van der Waals surface area (Å²) in [6.45, 7) is 8.40. The molecule has 2 heterocycles. The molecule has 0 aliphatic carbocycles. The topological polar surface area (TPSA) is 68.5 Å². The normalized spacial score (nSPS) is 12.1.